The van der Waals surface area contributed by atoms with Crippen LogP contribution in [0.3, 0.4) is 0 Å². The number of hydrogen-bond donors (Lipinski definition) is 0. The lowest BCUT2D eigenvalue weighted by atomic mass is 9.93. The molecular formula is C21H33N5O3. The Balaban J connectivity index is 1.34. The maximum Gasteiger partial charge on any atom is 0.231 e. The van der Waals surface area contributed by atoms with Crippen LogP contribution >= 0.6 is 0 Å². The second kappa shape index (κ2) is 9.15. The highest BCUT2D eigenvalue weighted by Crippen LogP contribution is 2.28. The summed E-state index contributed by atoms with van der Waals surface area (Å²) in [6, 6.07) is 2.23. The van der Waals surface area contributed by atoms with E-state index in [4.69, 9.17) is 9.47 Å². The molecule has 0 radical (unpaired) electrons. The predicted molar refractivity (Wildman–Crippen MR) is 110 cm³/mol. The molecule has 1 amide bonds. The SMILES string of the molecule is COc1cc(OC)nc(N2CCC(N3CCC[C@H](C(=O)N4CCCC4)C3)CC2)n1. The van der Waals surface area contributed by atoms with E-state index < -0.39 is 0 Å². The van der Waals surface area contributed by atoms with Crippen molar-refractivity contribution in [3.05, 3.63) is 6.07 Å². The highest BCUT2D eigenvalue weighted by molar-refractivity contribution is 5.79. The third-order valence-electron chi connectivity index (χ3n) is 6.57. The second-order valence-electron chi connectivity index (χ2n) is 8.34. The van der Waals surface area contributed by atoms with Gasteiger partial charge in [0.1, 0.15) is 0 Å². The van der Waals surface area contributed by atoms with Gasteiger partial charge in [-0.05, 0) is 45.1 Å². The number of carbonyl (C=O) groups excluding carboxylic acids is 1. The fourth-order valence-corrected chi connectivity index (χ4v) is 4.91. The van der Waals surface area contributed by atoms with Crippen LogP contribution < -0.4 is 14.4 Å². The molecule has 0 unspecified atom stereocenters. The highest BCUT2D eigenvalue weighted by atomic mass is 16.5. The van der Waals surface area contributed by atoms with Gasteiger partial charge in [-0.15, -0.1) is 0 Å². The summed E-state index contributed by atoms with van der Waals surface area (Å²) in [6.07, 6.45) is 6.62. The van der Waals surface area contributed by atoms with Crippen LogP contribution in [0.1, 0.15) is 38.5 Å². The standard InChI is InChI=1S/C21H33N5O3/c1-28-18-14-19(29-2)23-21(22-18)25-12-7-17(8-13-25)26-11-5-6-16(15-26)20(27)24-9-3-4-10-24/h14,16-17H,3-13,15H2,1-2H3/t16-/m0/s1. The van der Waals surface area contributed by atoms with E-state index in [0.717, 1.165) is 77.8 Å². The third kappa shape index (κ3) is 4.57. The van der Waals surface area contributed by atoms with Crippen molar-refractivity contribution in [1.29, 1.82) is 0 Å². The second-order valence-corrected chi connectivity index (χ2v) is 8.34. The van der Waals surface area contributed by atoms with Crippen molar-refractivity contribution in [3.63, 3.8) is 0 Å². The molecule has 3 fully saturated rings. The van der Waals surface area contributed by atoms with Crippen molar-refractivity contribution in [2.24, 2.45) is 5.92 Å². The Bertz CT molecular complexity index is 679. The molecule has 0 aliphatic carbocycles. The Morgan fingerprint density at radius 3 is 2.21 bits per heavy atom. The number of ether oxygens (including phenoxy) is 2. The Hall–Kier alpha value is -2.09. The Kier molecular flexibility index (Phi) is 6.37. The molecule has 4 rings (SSSR count). The van der Waals surface area contributed by atoms with Crippen LogP contribution in [-0.2, 0) is 4.79 Å². The molecule has 1 atom stereocenters. The van der Waals surface area contributed by atoms with Gasteiger partial charge in [-0.25, -0.2) is 0 Å². The minimum Gasteiger partial charge on any atom is -0.481 e. The number of anilines is 1. The normalized spacial score (nSPS) is 24.0. The van der Waals surface area contributed by atoms with Crippen LogP contribution in [0.2, 0.25) is 0 Å². The molecule has 0 N–H and O–H groups in total. The zero-order valence-electron chi connectivity index (χ0n) is 17.7. The predicted octanol–water partition coefficient (Wildman–Crippen LogP) is 1.80. The van der Waals surface area contributed by atoms with E-state index >= 15 is 0 Å². The minimum absolute atomic E-state index is 0.186. The molecule has 4 heterocycles. The lowest BCUT2D eigenvalue weighted by molar-refractivity contribution is -0.136. The van der Waals surface area contributed by atoms with Crippen molar-refractivity contribution in [3.8, 4) is 11.8 Å². The smallest absolute Gasteiger partial charge is 0.231 e. The highest BCUT2D eigenvalue weighted by Gasteiger charge is 2.34. The maximum absolute atomic E-state index is 12.8. The van der Waals surface area contributed by atoms with Crippen molar-refractivity contribution < 1.29 is 14.3 Å². The summed E-state index contributed by atoms with van der Waals surface area (Å²) >= 11 is 0. The average Bonchev–Trinajstić information content (AvgIpc) is 3.33. The summed E-state index contributed by atoms with van der Waals surface area (Å²) in [6.45, 7) is 5.75. The molecule has 1 aromatic rings. The first-order valence-electron chi connectivity index (χ1n) is 10.9. The fourth-order valence-electron chi connectivity index (χ4n) is 4.91. The molecule has 0 aromatic carbocycles. The molecule has 0 spiro atoms. The number of methoxy groups -OCH3 is 2. The number of nitrogens with zero attached hydrogens (tertiary/aromatic N) is 5. The van der Waals surface area contributed by atoms with Gasteiger partial charge in [-0.2, -0.15) is 9.97 Å². The van der Waals surface area contributed by atoms with Gasteiger partial charge in [0.2, 0.25) is 23.6 Å². The molecule has 1 aromatic heterocycles. The monoisotopic (exact) mass is 403 g/mol. The first kappa shape index (κ1) is 20.2. The molecule has 3 saturated heterocycles. The number of piperidine rings is 2. The topological polar surface area (TPSA) is 71.0 Å². The number of aromatic nitrogens is 2. The Morgan fingerprint density at radius 1 is 0.931 bits per heavy atom. The number of rotatable bonds is 5. The summed E-state index contributed by atoms with van der Waals surface area (Å²) in [7, 11) is 3.21. The molecule has 3 aliphatic heterocycles. The lowest BCUT2D eigenvalue weighted by Gasteiger charge is -2.42. The minimum atomic E-state index is 0.186. The van der Waals surface area contributed by atoms with Gasteiger partial charge in [-0.3, -0.25) is 9.69 Å². The zero-order chi connectivity index (χ0) is 20.2. The maximum atomic E-state index is 12.8. The molecule has 8 nitrogen and oxygen atoms in total. The molecule has 0 saturated carbocycles. The Morgan fingerprint density at radius 2 is 1.59 bits per heavy atom. The summed E-state index contributed by atoms with van der Waals surface area (Å²) in [5.41, 5.74) is 0. The van der Waals surface area contributed by atoms with E-state index in [1.807, 2.05) is 0 Å². The number of hydrogen-bond acceptors (Lipinski definition) is 7. The van der Waals surface area contributed by atoms with Crippen LogP contribution in [0.4, 0.5) is 5.95 Å². The van der Waals surface area contributed by atoms with Crippen molar-refractivity contribution in [2.75, 3.05) is 58.4 Å². The van der Waals surface area contributed by atoms with Crippen LogP contribution in [0, 0.1) is 5.92 Å². The zero-order valence-corrected chi connectivity index (χ0v) is 17.7. The molecule has 0 bridgehead atoms. The van der Waals surface area contributed by atoms with Crippen LogP contribution in [0.25, 0.3) is 0 Å². The van der Waals surface area contributed by atoms with E-state index in [-0.39, 0.29) is 5.92 Å². The van der Waals surface area contributed by atoms with Crippen LogP contribution in [0.5, 0.6) is 11.8 Å². The van der Waals surface area contributed by atoms with Crippen LogP contribution in [-0.4, -0.2) is 85.2 Å². The third-order valence-corrected chi connectivity index (χ3v) is 6.57. The van der Waals surface area contributed by atoms with E-state index in [1.165, 1.54) is 0 Å². The van der Waals surface area contributed by atoms with E-state index in [2.05, 4.69) is 24.7 Å². The quantitative estimate of drug-likeness (QED) is 0.742. The van der Waals surface area contributed by atoms with E-state index in [9.17, 15) is 4.79 Å². The van der Waals surface area contributed by atoms with Gasteiger partial charge in [-0.1, -0.05) is 0 Å². The van der Waals surface area contributed by atoms with Gasteiger partial charge in [0.15, 0.2) is 0 Å². The molecule has 3 aliphatic rings. The number of likely N-dealkylation sites (tertiary alicyclic amines) is 2. The summed E-state index contributed by atoms with van der Waals surface area (Å²) in [5.74, 6) is 2.29. The van der Waals surface area contributed by atoms with Gasteiger partial charge in [0.05, 0.1) is 26.2 Å². The molecule has 160 valence electrons. The summed E-state index contributed by atoms with van der Waals surface area (Å²) in [4.78, 5) is 28.7. The van der Waals surface area contributed by atoms with Gasteiger partial charge in [0.25, 0.3) is 0 Å². The Labute approximate surface area is 173 Å². The first-order chi connectivity index (χ1) is 14.2. The number of amides is 1. The average molecular weight is 404 g/mol. The van der Waals surface area contributed by atoms with E-state index in [0.29, 0.717) is 29.7 Å². The van der Waals surface area contributed by atoms with Gasteiger partial charge >= 0.3 is 0 Å². The number of carbonyl (C=O) groups is 1. The van der Waals surface area contributed by atoms with Crippen molar-refractivity contribution >= 4 is 11.9 Å². The summed E-state index contributed by atoms with van der Waals surface area (Å²) in [5, 5.41) is 0. The van der Waals surface area contributed by atoms with Crippen LogP contribution in [0.15, 0.2) is 6.07 Å². The largest absolute Gasteiger partial charge is 0.481 e. The van der Waals surface area contributed by atoms with Crippen molar-refractivity contribution in [2.45, 2.75) is 44.6 Å². The van der Waals surface area contributed by atoms with Gasteiger partial charge < -0.3 is 19.3 Å². The first-order valence-corrected chi connectivity index (χ1v) is 10.9. The van der Waals surface area contributed by atoms with Gasteiger partial charge in [0, 0.05) is 38.8 Å². The lowest BCUT2D eigenvalue weighted by Crippen LogP contribution is -2.51. The fraction of sp³-hybridized carbons (Fsp3) is 0.762. The van der Waals surface area contributed by atoms with Crippen molar-refractivity contribution in [1.82, 2.24) is 19.8 Å². The summed E-state index contributed by atoms with van der Waals surface area (Å²) < 4.78 is 10.6. The van der Waals surface area contributed by atoms with E-state index in [1.54, 1.807) is 20.3 Å². The molecule has 29 heavy (non-hydrogen) atoms. The molecular weight excluding hydrogens is 370 g/mol. The molecule has 8 heteroatoms.